The maximum atomic E-state index is 12.2. The van der Waals surface area contributed by atoms with E-state index in [1.807, 2.05) is 38.1 Å². The molecule has 0 N–H and O–H groups in total. The van der Waals surface area contributed by atoms with Crippen molar-refractivity contribution in [3.8, 4) is 0 Å². The average Bonchev–Trinajstić information content (AvgIpc) is 2.55. The highest BCUT2D eigenvalue weighted by atomic mass is 16.5. The quantitative estimate of drug-likeness (QED) is 0.783. The third-order valence-corrected chi connectivity index (χ3v) is 3.19. The van der Waals surface area contributed by atoms with E-state index in [2.05, 4.69) is 10.2 Å². The van der Waals surface area contributed by atoms with Crippen LogP contribution in [0.1, 0.15) is 44.2 Å². The van der Waals surface area contributed by atoms with Crippen LogP contribution in [-0.2, 0) is 9.53 Å². The van der Waals surface area contributed by atoms with E-state index in [1.54, 1.807) is 6.92 Å². The summed E-state index contributed by atoms with van der Waals surface area (Å²) >= 11 is 0. The second-order valence-electron chi connectivity index (χ2n) is 4.41. The molecule has 0 amide bonds. The summed E-state index contributed by atoms with van der Waals surface area (Å²) < 4.78 is 5.16. The van der Waals surface area contributed by atoms with E-state index in [0.29, 0.717) is 12.3 Å². The predicted molar refractivity (Wildman–Crippen MR) is 75.8 cm³/mol. The molecule has 0 aromatic heterocycles. The minimum absolute atomic E-state index is 0.260. The molecule has 0 radical (unpaired) electrons. The van der Waals surface area contributed by atoms with Crippen LogP contribution in [0.4, 0.5) is 0 Å². The first-order valence-corrected chi connectivity index (χ1v) is 6.56. The normalized spacial score (nSPS) is 17.9. The number of carbonyl (C=O) groups is 1. The number of ether oxygens (including phenoxy) is 1. The van der Waals surface area contributed by atoms with Crippen LogP contribution < -0.4 is 0 Å². The fourth-order valence-corrected chi connectivity index (χ4v) is 2.27. The third-order valence-electron chi connectivity index (χ3n) is 3.19. The second kappa shape index (κ2) is 5.78. The summed E-state index contributed by atoms with van der Waals surface area (Å²) in [7, 11) is 0. The van der Waals surface area contributed by atoms with Crippen molar-refractivity contribution in [2.75, 3.05) is 6.61 Å². The highest BCUT2D eigenvalue weighted by Gasteiger charge is 2.29. The molecule has 1 aliphatic heterocycles. The molecule has 2 rings (SSSR count). The Kier molecular flexibility index (Phi) is 4.10. The van der Waals surface area contributed by atoms with Gasteiger partial charge in [0.25, 0.3) is 0 Å². The summed E-state index contributed by atoms with van der Waals surface area (Å²) in [5.41, 5.74) is 3.50. The van der Waals surface area contributed by atoms with E-state index in [4.69, 9.17) is 4.74 Å². The first-order chi connectivity index (χ1) is 9.19. The molecule has 1 aromatic carbocycles. The molecule has 1 aliphatic rings. The fraction of sp³-hybridized carbons (Fsp3) is 0.400. The zero-order valence-corrected chi connectivity index (χ0v) is 11.5. The van der Waals surface area contributed by atoms with Crippen LogP contribution in [0, 0.1) is 0 Å². The number of rotatable bonds is 3. The van der Waals surface area contributed by atoms with Crippen molar-refractivity contribution < 1.29 is 9.53 Å². The Balaban J connectivity index is 2.54. The molecule has 1 atom stereocenters. The summed E-state index contributed by atoms with van der Waals surface area (Å²) in [5.74, 6) is -0.715. The molecular formula is C15H18N2O2. The maximum Gasteiger partial charge on any atom is 0.319 e. The lowest BCUT2D eigenvalue weighted by Gasteiger charge is -2.16. The van der Waals surface area contributed by atoms with Crippen LogP contribution in [0.25, 0.3) is 0 Å². The minimum atomic E-state index is -0.455. The number of hydrogen-bond acceptors (Lipinski definition) is 4. The van der Waals surface area contributed by atoms with Gasteiger partial charge < -0.3 is 4.74 Å². The second-order valence-corrected chi connectivity index (χ2v) is 4.41. The summed E-state index contributed by atoms with van der Waals surface area (Å²) in [6.07, 6.45) is 0.781. The molecule has 1 heterocycles. The Labute approximate surface area is 113 Å². The molecule has 1 aromatic rings. The third kappa shape index (κ3) is 2.57. The lowest BCUT2D eigenvalue weighted by Crippen LogP contribution is -2.23. The van der Waals surface area contributed by atoms with Crippen molar-refractivity contribution in [2.45, 2.75) is 33.1 Å². The Morgan fingerprint density at radius 2 is 2.00 bits per heavy atom. The maximum absolute atomic E-state index is 12.2. The van der Waals surface area contributed by atoms with Gasteiger partial charge >= 0.3 is 5.97 Å². The molecule has 19 heavy (non-hydrogen) atoms. The lowest BCUT2D eigenvalue weighted by molar-refractivity contribution is -0.143. The van der Waals surface area contributed by atoms with Crippen molar-refractivity contribution in [2.24, 2.45) is 10.2 Å². The van der Waals surface area contributed by atoms with Gasteiger partial charge in [0.2, 0.25) is 0 Å². The van der Waals surface area contributed by atoms with Gasteiger partial charge in [-0.05, 0) is 25.8 Å². The average molecular weight is 258 g/mol. The fourth-order valence-electron chi connectivity index (χ4n) is 2.27. The predicted octanol–water partition coefficient (Wildman–Crippen LogP) is 2.92. The zero-order chi connectivity index (χ0) is 13.8. The Morgan fingerprint density at radius 1 is 1.26 bits per heavy atom. The van der Waals surface area contributed by atoms with Crippen LogP contribution >= 0.6 is 0 Å². The van der Waals surface area contributed by atoms with E-state index in [0.717, 1.165) is 23.3 Å². The van der Waals surface area contributed by atoms with Crippen molar-refractivity contribution in [3.05, 3.63) is 35.4 Å². The van der Waals surface area contributed by atoms with Gasteiger partial charge in [0.1, 0.15) is 5.92 Å². The van der Waals surface area contributed by atoms with Gasteiger partial charge in [0, 0.05) is 5.56 Å². The molecule has 0 spiro atoms. The van der Waals surface area contributed by atoms with Crippen molar-refractivity contribution in [1.29, 1.82) is 0 Å². The van der Waals surface area contributed by atoms with Gasteiger partial charge in [-0.15, -0.1) is 0 Å². The summed E-state index contributed by atoms with van der Waals surface area (Å²) in [6, 6.07) is 7.81. The number of carbonyl (C=O) groups excluding carboxylic acids is 1. The topological polar surface area (TPSA) is 51.0 Å². The smallest absolute Gasteiger partial charge is 0.319 e. The van der Waals surface area contributed by atoms with Crippen molar-refractivity contribution in [3.63, 3.8) is 0 Å². The summed E-state index contributed by atoms with van der Waals surface area (Å²) in [6.45, 7) is 6.03. The summed E-state index contributed by atoms with van der Waals surface area (Å²) in [5, 5.41) is 8.43. The first kappa shape index (κ1) is 13.5. The van der Waals surface area contributed by atoms with E-state index in [1.165, 1.54) is 0 Å². The first-order valence-electron chi connectivity index (χ1n) is 6.56. The Morgan fingerprint density at radius 3 is 2.68 bits per heavy atom. The van der Waals surface area contributed by atoms with E-state index < -0.39 is 5.92 Å². The molecule has 0 aliphatic carbocycles. The van der Waals surface area contributed by atoms with Gasteiger partial charge in [-0.2, -0.15) is 10.2 Å². The largest absolute Gasteiger partial charge is 0.465 e. The molecule has 0 saturated heterocycles. The number of esters is 1. The summed E-state index contributed by atoms with van der Waals surface area (Å²) in [4.78, 5) is 12.2. The van der Waals surface area contributed by atoms with Crippen molar-refractivity contribution >= 4 is 17.4 Å². The Bertz CT molecular complexity index is 547. The van der Waals surface area contributed by atoms with Crippen LogP contribution in [0.5, 0.6) is 0 Å². The van der Waals surface area contributed by atoms with Crippen LogP contribution in [0.3, 0.4) is 0 Å². The Hall–Kier alpha value is -1.97. The molecule has 4 heteroatoms. The van der Waals surface area contributed by atoms with Gasteiger partial charge in [-0.3, -0.25) is 4.79 Å². The molecule has 0 fully saturated rings. The SMILES string of the molecule is CCOC(=O)C1C(C)=NN=C(CC)c2ccccc21. The minimum Gasteiger partial charge on any atom is -0.465 e. The van der Waals surface area contributed by atoms with Gasteiger partial charge in [-0.25, -0.2) is 0 Å². The number of hydrogen-bond donors (Lipinski definition) is 0. The van der Waals surface area contributed by atoms with Crippen LogP contribution in [0.15, 0.2) is 34.5 Å². The molecular weight excluding hydrogens is 240 g/mol. The monoisotopic (exact) mass is 258 g/mol. The van der Waals surface area contributed by atoms with Gasteiger partial charge in [-0.1, -0.05) is 31.2 Å². The van der Waals surface area contributed by atoms with Crippen LogP contribution in [0.2, 0.25) is 0 Å². The van der Waals surface area contributed by atoms with E-state index in [9.17, 15) is 4.79 Å². The van der Waals surface area contributed by atoms with Gasteiger partial charge in [0.15, 0.2) is 0 Å². The number of fused-ring (bicyclic) bond motifs is 1. The van der Waals surface area contributed by atoms with E-state index in [-0.39, 0.29) is 5.97 Å². The highest BCUT2D eigenvalue weighted by molar-refractivity contribution is 6.12. The highest BCUT2D eigenvalue weighted by Crippen LogP contribution is 2.27. The van der Waals surface area contributed by atoms with Gasteiger partial charge in [0.05, 0.1) is 18.0 Å². The number of nitrogens with zero attached hydrogens (tertiary/aromatic N) is 2. The molecule has 0 bridgehead atoms. The zero-order valence-electron chi connectivity index (χ0n) is 11.5. The standard InChI is InChI=1S/C15H18N2O2/c1-4-13-11-8-6-7-9-12(11)14(10(3)16-17-13)15(18)19-5-2/h6-9,14H,4-5H2,1-3H3. The molecule has 1 unspecified atom stereocenters. The number of benzene rings is 1. The van der Waals surface area contributed by atoms with Crippen LogP contribution in [-0.4, -0.2) is 24.0 Å². The molecule has 4 nitrogen and oxygen atoms in total. The lowest BCUT2D eigenvalue weighted by atomic mass is 9.89. The van der Waals surface area contributed by atoms with Crippen molar-refractivity contribution in [1.82, 2.24) is 0 Å². The molecule has 0 saturated carbocycles. The van der Waals surface area contributed by atoms with E-state index >= 15 is 0 Å². The molecule has 100 valence electrons.